The molecule has 0 radical (unpaired) electrons. The van der Waals surface area contributed by atoms with Gasteiger partial charge in [-0.2, -0.15) is 0 Å². The third-order valence-electron chi connectivity index (χ3n) is 7.52. The third kappa shape index (κ3) is 5.72. The van der Waals surface area contributed by atoms with Crippen molar-refractivity contribution < 1.29 is 27.4 Å². The molecule has 9 heteroatoms. The maximum absolute atomic E-state index is 12.6. The van der Waals surface area contributed by atoms with Crippen LogP contribution in [0.15, 0.2) is 53.4 Å². The predicted octanol–water partition coefficient (Wildman–Crippen LogP) is 6.12. The van der Waals surface area contributed by atoms with Gasteiger partial charge in [0.25, 0.3) is 0 Å². The normalized spacial score (nSPS) is 24.4. The Balaban J connectivity index is 1.20. The van der Waals surface area contributed by atoms with Crippen LogP contribution in [0.3, 0.4) is 0 Å². The molecule has 1 saturated heterocycles. The summed E-state index contributed by atoms with van der Waals surface area (Å²) >= 11 is 1.55. The molecule has 1 amide bonds. The second kappa shape index (κ2) is 9.24. The van der Waals surface area contributed by atoms with Crippen molar-refractivity contribution >= 4 is 17.7 Å². The minimum absolute atomic E-state index is 0.207. The molecular formula is C26H29F3N2O3S. The molecule has 3 fully saturated rings. The van der Waals surface area contributed by atoms with E-state index in [9.17, 15) is 18.0 Å². The number of benzene rings is 2. The molecule has 1 unspecified atom stereocenters. The second-order valence-electron chi connectivity index (χ2n) is 10.00. The van der Waals surface area contributed by atoms with Gasteiger partial charge in [-0.3, -0.25) is 4.79 Å². The first-order chi connectivity index (χ1) is 16.6. The molecule has 0 aromatic heterocycles. The van der Waals surface area contributed by atoms with Gasteiger partial charge < -0.3 is 20.1 Å². The SMILES string of the molecule is NC(=O)C1(Sc2ccc(Oc3ccc(OC(F)(F)F)cc3)cc2)CCC2(CCN(C3CC3)CC2)C1. The van der Waals surface area contributed by atoms with Crippen LogP contribution in [0.1, 0.15) is 44.9 Å². The maximum Gasteiger partial charge on any atom is 0.573 e. The number of likely N-dealkylation sites (tertiary alicyclic amines) is 1. The van der Waals surface area contributed by atoms with Crippen LogP contribution in [-0.4, -0.2) is 41.0 Å². The zero-order chi connectivity index (χ0) is 24.7. The molecule has 1 atom stereocenters. The van der Waals surface area contributed by atoms with Crippen LogP contribution in [0, 0.1) is 5.41 Å². The standard InChI is InChI=1S/C26H29F3N2O3S/c27-26(28,29)34-21-5-3-19(4-6-21)33-20-7-9-22(10-8-20)35-25(23(30)32)12-11-24(17-25)13-15-31(16-14-24)18-1-2-18/h3-10,18H,1-2,11-17H2,(H2,30,32). The summed E-state index contributed by atoms with van der Waals surface area (Å²) < 4.78 is 46.0. The average Bonchev–Trinajstić information content (AvgIpc) is 3.59. The molecule has 1 heterocycles. The molecule has 2 N–H and O–H groups in total. The molecule has 35 heavy (non-hydrogen) atoms. The molecule has 1 aliphatic heterocycles. The highest BCUT2D eigenvalue weighted by molar-refractivity contribution is 8.01. The van der Waals surface area contributed by atoms with Crippen LogP contribution in [0.25, 0.3) is 0 Å². The Hall–Kier alpha value is -2.39. The zero-order valence-electron chi connectivity index (χ0n) is 19.4. The van der Waals surface area contributed by atoms with Crippen LogP contribution in [0.5, 0.6) is 17.2 Å². The first-order valence-electron chi connectivity index (χ1n) is 12.0. The van der Waals surface area contributed by atoms with Gasteiger partial charge in [0.05, 0.1) is 4.75 Å². The summed E-state index contributed by atoms with van der Waals surface area (Å²) in [6, 6.07) is 13.4. The lowest BCUT2D eigenvalue weighted by molar-refractivity contribution is -0.274. The lowest BCUT2D eigenvalue weighted by Crippen LogP contribution is -2.43. The second-order valence-corrected chi connectivity index (χ2v) is 11.5. The van der Waals surface area contributed by atoms with E-state index in [0.29, 0.717) is 11.5 Å². The fourth-order valence-electron chi connectivity index (χ4n) is 5.47. The number of carbonyl (C=O) groups is 1. The Labute approximate surface area is 207 Å². The summed E-state index contributed by atoms with van der Waals surface area (Å²) in [5.74, 6) is 0.387. The largest absolute Gasteiger partial charge is 0.573 e. The maximum atomic E-state index is 12.6. The van der Waals surface area contributed by atoms with Gasteiger partial charge >= 0.3 is 6.36 Å². The monoisotopic (exact) mass is 506 g/mol. The van der Waals surface area contributed by atoms with Crippen molar-refractivity contribution in [3.8, 4) is 17.2 Å². The van der Waals surface area contributed by atoms with Crippen LogP contribution in [-0.2, 0) is 4.79 Å². The van der Waals surface area contributed by atoms with Gasteiger partial charge in [0.2, 0.25) is 5.91 Å². The minimum Gasteiger partial charge on any atom is -0.457 e. The first-order valence-corrected chi connectivity index (χ1v) is 12.8. The highest BCUT2D eigenvalue weighted by atomic mass is 32.2. The van der Waals surface area contributed by atoms with E-state index >= 15 is 0 Å². The number of piperidine rings is 1. The van der Waals surface area contributed by atoms with Crippen molar-refractivity contribution in [2.75, 3.05) is 13.1 Å². The average molecular weight is 507 g/mol. The fraction of sp³-hybridized carbons (Fsp3) is 0.500. The molecule has 5 rings (SSSR count). The van der Waals surface area contributed by atoms with Crippen LogP contribution in [0.2, 0.25) is 0 Å². The topological polar surface area (TPSA) is 64.8 Å². The van der Waals surface area contributed by atoms with Crippen molar-refractivity contribution in [3.63, 3.8) is 0 Å². The van der Waals surface area contributed by atoms with Gasteiger partial charge in [0.15, 0.2) is 0 Å². The molecule has 2 saturated carbocycles. The summed E-state index contributed by atoms with van der Waals surface area (Å²) in [5, 5.41) is 0. The van der Waals surface area contributed by atoms with E-state index in [4.69, 9.17) is 10.5 Å². The quantitative estimate of drug-likeness (QED) is 0.490. The summed E-state index contributed by atoms with van der Waals surface area (Å²) in [7, 11) is 0. The van der Waals surface area contributed by atoms with Crippen molar-refractivity contribution in [2.24, 2.45) is 11.1 Å². The number of thioether (sulfide) groups is 1. The number of ether oxygens (including phenoxy) is 2. The van der Waals surface area contributed by atoms with E-state index < -0.39 is 11.1 Å². The molecule has 2 aromatic rings. The summed E-state index contributed by atoms with van der Waals surface area (Å²) in [4.78, 5) is 16.2. The number of nitrogens with two attached hydrogens (primary N) is 1. The van der Waals surface area contributed by atoms with Crippen molar-refractivity contribution in [3.05, 3.63) is 48.5 Å². The third-order valence-corrected chi connectivity index (χ3v) is 8.97. The summed E-state index contributed by atoms with van der Waals surface area (Å²) in [6.45, 7) is 2.25. The number of hydrogen-bond donors (Lipinski definition) is 1. The summed E-state index contributed by atoms with van der Waals surface area (Å²) in [6.07, 6.45) is 2.85. The number of alkyl halides is 3. The number of halogens is 3. The lowest BCUT2D eigenvalue weighted by atomic mass is 9.76. The lowest BCUT2D eigenvalue weighted by Gasteiger charge is -2.40. The highest BCUT2D eigenvalue weighted by Gasteiger charge is 2.53. The van der Waals surface area contributed by atoms with Gasteiger partial charge in [-0.05, 0) is 112 Å². The highest BCUT2D eigenvalue weighted by Crippen LogP contribution is 2.57. The van der Waals surface area contributed by atoms with Crippen molar-refractivity contribution in [1.29, 1.82) is 0 Å². The van der Waals surface area contributed by atoms with Crippen molar-refractivity contribution in [1.82, 2.24) is 4.90 Å². The Morgan fingerprint density at radius 3 is 2.03 bits per heavy atom. The molecule has 3 aliphatic rings. The Morgan fingerprint density at radius 1 is 0.914 bits per heavy atom. The van der Waals surface area contributed by atoms with Crippen molar-refractivity contribution in [2.45, 2.75) is 67.0 Å². The number of rotatable bonds is 7. The van der Waals surface area contributed by atoms with Crippen LogP contribution in [0.4, 0.5) is 13.2 Å². The Morgan fingerprint density at radius 2 is 1.49 bits per heavy atom. The fourth-order valence-corrected chi connectivity index (χ4v) is 6.88. The van der Waals surface area contributed by atoms with E-state index in [2.05, 4.69) is 9.64 Å². The molecule has 2 aliphatic carbocycles. The molecule has 188 valence electrons. The zero-order valence-corrected chi connectivity index (χ0v) is 20.2. The van der Waals surface area contributed by atoms with E-state index in [1.807, 2.05) is 12.1 Å². The van der Waals surface area contributed by atoms with E-state index in [0.717, 1.165) is 56.1 Å². The van der Waals surface area contributed by atoms with Gasteiger partial charge in [0.1, 0.15) is 17.2 Å². The molecule has 1 spiro atoms. The number of carbonyl (C=O) groups excluding carboxylic acids is 1. The summed E-state index contributed by atoms with van der Waals surface area (Å²) in [5.41, 5.74) is 6.17. The first kappa shape index (κ1) is 24.3. The van der Waals surface area contributed by atoms with Crippen LogP contribution < -0.4 is 15.2 Å². The molecule has 2 aromatic carbocycles. The van der Waals surface area contributed by atoms with E-state index in [1.54, 1.807) is 23.9 Å². The number of amides is 1. The van der Waals surface area contributed by atoms with E-state index in [1.165, 1.54) is 37.1 Å². The van der Waals surface area contributed by atoms with Gasteiger partial charge in [0, 0.05) is 10.9 Å². The van der Waals surface area contributed by atoms with E-state index in [-0.39, 0.29) is 17.1 Å². The Bertz CT molecular complexity index is 1050. The number of nitrogens with zero attached hydrogens (tertiary/aromatic N) is 1. The molecule has 5 nitrogen and oxygen atoms in total. The molecule has 0 bridgehead atoms. The number of primary amides is 1. The van der Waals surface area contributed by atoms with Gasteiger partial charge in [-0.25, -0.2) is 0 Å². The Kier molecular flexibility index (Phi) is 6.42. The van der Waals surface area contributed by atoms with Gasteiger partial charge in [-0.1, -0.05) is 0 Å². The van der Waals surface area contributed by atoms with Crippen LogP contribution >= 0.6 is 11.8 Å². The predicted molar refractivity (Wildman–Crippen MR) is 128 cm³/mol. The minimum atomic E-state index is -4.73. The molecular weight excluding hydrogens is 477 g/mol. The van der Waals surface area contributed by atoms with Gasteiger partial charge in [-0.15, -0.1) is 24.9 Å². The smallest absolute Gasteiger partial charge is 0.457 e. The number of hydrogen-bond acceptors (Lipinski definition) is 5.